The molecule has 14 heavy (non-hydrogen) atoms. The molecule has 2 heteroatoms. The zero-order valence-corrected chi connectivity index (χ0v) is 9.64. The molecule has 0 spiro atoms. The second-order valence-corrected chi connectivity index (χ2v) is 5.06. The van der Waals surface area contributed by atoms with Crippen molar-refractivity contribution in [2.75, 3.05) is 13.2 Å². The lowest BCUT2D eigenvalue weighted by atomic mass is 9.94. The Morgan fingerprint density at radius 1 is 1.21 bits per heavy atom. The molecular formula is C12H22O2. The third kappa shape index (κ3) is 3.43. The molecule has 0 unspecified atom stereocenters. The standard InChI is InChI=1S/C12H22O2/c1-5-6-7-8-12(4)13-9-11(2,3)10-14-12/h5H,1,6-10H2,2-4H3. The van der Waals surface area contributed by atoms with Crippen molar-refractivity contribution >= 4 is 0 Å². The van der Waals surface area contributed by atoms with E-state index < -0.39 is 0 Å². The molecule has 1 aliphatic rings. The fourth-order valence-corrected chi connectivity index (χ4v) is 1.49. The summed E-state index contributed by atoms with van der Waals surface area (Å²) >= 11 is 0. The molecule has 82 valence electrons. The SMILES string of the molecule is C=CCCCC1(C)OCC(C)(C)CO1. The molecule has 0 radical (unpaired) electrons. The van der Waals surface area contributed by atoms with E-state index in [-0.39, 0.29) is 11.2 Å². The van der Waals surface area contributed by atoms with Crippen LogP contribution in [0.2, 0.25) is 0 Å². The summed E-state index contributed by atoms with van der Waals surface area (Å²) in [7, 11) is 0. The highest BCUT2D eigenvalue weighted by molar-refractivity contribution is 4.78. The van der Waals surface area contributed by atoms with Gasteiger partial charge in [-0.2, -0.15) is 0 Å². The van der Waals surface area contributed by atoms with Crippen LogP contribution in [0.15, 0.2) is 12.7 Å². The summed E-state index contributed by atoms with van der Waals surface area (Å²) in [5, 5.41) is 0. The summed E-state index contributed by atoms with van der Waals surface area (Å²) in [5.41, 5.74) is 0.165. The van der Waals surface area contributed by atoms with Crippen molar-refractivity contribution in [3.8, 4) is 0 Å². The minimum Gasteiger partial charge on any atom is -0.350 e. The van der Waals surface area contributed by atoms with E-state index in [2.05, 4.69) is 20.4 Å². The molecule has 0 saturated carbocycles. The number of hydrogen-bond donors (Lipinski definition) is 0. The Morgan fingerprint density at radius 2 is 1.79 bits per heavy atom. The lowest BCUT2D eigenvalue weighted by Crippen LogP contribution is -2.45. The molecule has 1 fully saturated rings. The monoisotopic (exact) mass is 198 g/mol. The van der Waals surface area contributed by atoms with Crippen molar-refractivity contribution in [3.05, 3.63) is 12.7 Å². The van der Waals surface area contributed by atoms with Gasteiger partial charge < -0.3 is 9.47 Å². The van der Waals surface area contributed by atoms with Gasteiger partial charge in [0.05, 0.1) is 13.2 Å². The Bertz CT molecular complexity index is 186. The number of rotatable bonds is 4. The molecule has 0 N–H and O–H groups in total. The van der Waals surface area contributed by atoms with Crippen molar-refractivity contribution in [2.24, 2.45) is 5.41 Å². The molecule has 1 heterocycles. The maximum Gasteiger partial charge on any atom is 0.165 e. The summed E-state index contributed by atoms with van der Waals surface area (Å²) in [4.78, 5) is 0. The van der Waals surface area contributed by atoms with Gasteiger partial charge >= 0.3 is 0 Å². The highest BCUT2D eigenvalue weighted by Gasteiger charge is 2.35. The normalized spacial score (nSPS) is 24.5. The van der Waals surface area contributed by atoms with Crippen LogP contribution >= 0.6 is 0 Å². The summed E-state index contributed by atoms with van der Waals surface area (Å²) < 4.78 is 11.5. The predicted molar refractivity (Wildman–Crippen MR) is 58.1 cm³/mol. The third-order valence-corrected chi connectivity index (χ3v) is 2.58. The molecule has 0 amide bonds. The number of hydrogen-bond acceptors (Lipinski definition) is 2. The largest absolute Gasteiger partial charge is 0.350 e. The number of unbranched alkanes of at least 4 members (excludes halogenated alkanes) is 1. The Morgan fingerprint density at radius 3 is 2.29 bits per heavy atom. The maximum absolute atomic E-state index is 5.77. The molecular weight excluding hydrogens is 176 g/mol. The first kappa shape index (κ1) is 11.7. The number of ether oxygens (including phenoxy) is 2. The molecule has 0 aromatic rings. The Labute approximate surface area is 87.3 Å². The second-order valence-electron chi connectivity index (χ2n) is 5.06. The van der Waals surface area contributed by atoms with Gasteiger partial charge in [-0.25, -0.2) is 0 Å². The zero-order valence-electron chi connectivity index (χ0n) is 9.64. The first-order valence-corrected chi connectivity index (χ1v) is 5.36. The van der Waals surface area contributed by atoms with Gasteiger partial charge in [-0.1, -0.05) is 19.9 Å². The average Bonchev–Trinajstić information content (AvgIpc) is 2.12. The van der Waals surface area contributed by atoms with E-state index >= 15 is 0 Å². The van der Waals surface area contributed by atoms with Crippen molar-refractivity contribution in [2.45, 2.75) is 45.8 Å². The van der Waals surface area contributed by atoms with Crippen molar-refractivity contribution < 1.29 is 9.47 Å². The van der Waals surface area contributed by atoms with Gasteiger partial charge in [-0.3, -0.25) is 0 Å². The minimum absolute atomic E-state index is 0.165. The summed E-state index contributed by atoms with van der Waals surface area (Å²) in [6.07, 6.45) is 5.01. The molecule has 0 aromatic heterocycles. The highest BCUT2D eigenvalue weighted by Crippen LogP contribution is 2.32. The van der Waals surface area contributed by atoms with Gasteiger partial charge in [0, 0.05) is 11.8 Å². The van der Waals surface area contributed by atoms with Gasteiger partial charge in [0.15, 0.2) is 5.79 Å². The van der Waals surface area contributed by atoms with E-state index in [1.807, 2.05) is 13.0 Å². The molecule has 0 atom stereocenters. The predicted octanol–water partition coefficient (Wildman–Crippen LogP) is 3.13. The topological polar surface area (TPSA) is 18.5 Å². The van der Waals surface area contributed by atoms with Crippen LogP contribution in [0.1, 0.15) is 40.0 Å². The van der Waals surface area contributed by atoms with Crippen LogP contribution in [-0.4, -0.2) is 19.0 Å². The fraction of sp³-hybridized carbons (Fsp3) is 0.833. The van der Waals surface area contributed by atoms with Crippen LogP contribution in [-0.2, 0) is 9.47 Å². The molecule has 1 rings (SSSR count). The van der Waals surface area contributed by atoms with Crippen LogP contribution in [0.4, 0.5) is 0 Å². The van der Waals surface area contributed by atoms with E-state index in [1.165, 1.54) is 0 Å². The van der Waals surface area contributed by atoms with Crippen molar-refractivity contribution in [1.82, 2.24) is 0 Å². The summed E-state index contributed by atoms with van der Waals surface area (Å²) in [6.45, 7) is 11.6. The molecule has 2 nitrogen and oxygen atoms in total. The Balaban J connectivity index is 2.33. The van der Waals surface area contributed by atoms with Crippen LogP contribution in [0, 0.1) is 5.41 Å². The zero-order chi connectivity index (χ0) is 10.7. The Kier molecular flexibility index (Phi) is 3.73. The van der Waals surface area contributed by atoms with Gasteiger partial charge in [0.1, 0.15) is 0 Å². The van der Waals surface area contributed by atoms with Crippen molar-refractivity contribution in [1.29, 1.82) is 0 Å². The van der Waals surface area contributed by atoms with Gasteiger partial charge in [-0.05, 0) is 19.8 Å². The molecule has 0 aromatic carbocycles. The second kappa shape index (κ2) is 4.45. The van der Waals surface area contributed by atoms with Crippen LogP contribution in [0.25, 0.3) is 0 Å². The smallest absolute Gasteiger partial charge is 0.165 e. The van der Waals surface area contributed by atoms with Gasteiger partial charge in [0.2, 0.25) is 0 Å². The lowest BCUT2D eigenvalue weighted by Gasteiger charge is -2.41. The quantitative estimate of drug-likeness (QED) is 0.510. The van der Waals surface area contributed by atoms with Crippen LogP contribution in [0.5, 0.6) is 0 Å². The van der Waals surface area contributed by atoms with Gasteiger partial charge in [0.25, 0.3) is 0 Å². The third-order valence-electron chi connectivity index (χ3n) is 2.58. The van der Waals surface area contributed by atoms with Gasteiger partial charge in [-0.15, -0.1) is 6.58 Å². The van der Waals surface area contributed by atoms with Crippen LogP contribution in [0.3, 0.4) is 0 Å². The average molecular weight is 198 g/mol. The Hall–Kier alpha value is -0.340. The minimum atomic E-state index is -0.363. The number of allylic oxidation sites excluding steroid dienone is 1. The van der Waals surface area contributed by atoms with Crippen molar-refractivity contribution in [3.63, 3.8) is 0 Å². The first-order chi connectivity index (χ1) is 6.47. The van der Waals surface area contributed by atoms with Crippen LogP contribution < -0.4 is 0 Å². The first-order valence-electron chi connectivity index (χ1n) is 5.36. The maximum atomic E-state index is 5.77. The molecule has 0 aliphatic carbocycles. The molecule has 1 aliphatic heterocycles. The van der Waals surface area contributed by atoms with E-state index in [0.29, 0.717) is 0 Å². The van der Waals surface area contributed by atoms with E-state index in [0.717, 1.165) is 32.5 Å². The summed E-state index contributed by atoms with van der Waals surface area (Å²) in [5.74, 6) is -0.363. The van der Waals surface area contributed by atoms with E-state index in [1.54, 1.807) is 0 Å². The highest BCUT2D eigenvalue weighted by atomic mass is 16.7. The summed E-state index contributed by atoms with van der Waals surface area (Å²) in [6, 6.07) is 0. The van der Waals surface area contributed by atoms with E-state index in [4.69, 9.17) is 9.47 Å². The van der Waals surface area contributed by atoms with E-state index in [9.17, 15) is 0 Å². The fourth-order valence-electron chi connectivity index (χ4n) is 1.49. The molecule has 0 bridgehead atoms. The molecule has 1 saturated heterocycles. The lowest BCUT2D eigenvalue weighted by molar-refractivity contribution is -0.292.